The van der Waals surface area contributed by atoms with Gasteiger partial charge in [-0.25, -0.2) is 4.79 Å². The lowest BCUT2D eigenvalue weighted by Crippen LogP contribution is -2.39. The van der Waals surface area contributed by atoms with Crippen LogP contribution in [-0.4, -0.2) is 29.5 Å². The number of carbonyl (C=O) groups excluding carboxylic acids is 2. The van der Waals surface area contributed by atoms with Crippen molar-refractivity contribution in [3.8, 4) is 5.75 Å². The van der Waals surface area contributed by atoms with Crippen LogP contribution in [0.1, 0.15) is 54.2 Å². The molecular weight excluding hydrogens is 388 g/mol. The number of benzene rings is 2. The summed E-state index contributed by atoms with van der Waals surface area (Å²) in [5.74, 6) is -1.15. The van der Waals surface area contributed by atoms with Crippen LogP contribution in [-0.2, 0) is 16.0 Å². The second-order valence-corrected chi connectivity index (χ2v) is 7.07. The Labute approximate surface area is 174 Å². The van der Waals surface area contributed by atoms with Gasteiger partial charge in [-0.15, -0.1) is 0 Å². The molecular formula is C22H24N2O6. The molecule has 0 aromatic heterocycles. The van der Waals surface area contributed by atoms with Gasteiger partial charge in [0.05, 0.1) is 23.1 Å². The molecule has 1 N–H and O–H groups in total. The third-order valence-electron chi connectivity index (χ3n) is 5.03. The second-order valence-electron chi connectivity index (χ2n) is 7.07. The Balaban J connectivity index is 1.66. The molecule has 0 spiro atoms. The summed E-state index contributed by atoms with van der Waals surface area (Å²) in [6.45, 7) is 3.44. The number of rotatable bonds is 7. The van der Waals surface area contributed by atoms with Crippen LogP contribution < -0.4 is 10.1 Å². The Bertz CT molecular complexity index is 958. The monoisotopic (exact) mass is 412 g/mol. The van der Waals surface area contributed by atoms with Gasteiger partial charge in [0.2, 0.25) is 0 Å². The molecule has 2 atom stereocenters. The predicted octanol–water partition coefficient (Wildman–Crippen LogP) is 3.73. The molecule has 0 radical (unpaired) electrons. The lowest BCUT2D eigenvalue weighted by atomic mass is 9.87. The number of amides is 1. The number of carbonyl (C=O) groups is 2. The van der Waals surface area contributed by atoms with Crippen molar-refractivity contribution in [2.24, 2.45) is 0 Å². The van der Waals surface area contributed by atoms with E-state index in [2.05, 4.69) is 11.4 Å². The molecule has 0 bridgehead atoms. The van der Waals surface area contributed by atoms with Gasteiger partial charge in [-0.2, -0.15) is 0 Å². The highest BCUT2D eigenvalue weighted by molar-refractivity contribution is 5.93. The minimum atomic E-state index is -1.04. The van der Waals surface area contributed by atoms with Crippen molar-refractivity contribution in [1.29, 1.82) is 0 Å². The number of fused-ring (bicyclic) bond motifs is 1. The third-order valence-corrected chi connectivity index (χ3v) is 5.03. The standard InChI is InChI=1S/C22H24N2O6/c1-3-29-20-12-11-16(13-19(20)24(27)28)22(26)30-14(2)21(25)23-18-10-6-8-15-7-4-5-9-17(15)18/h4-5,7,9,11-14,18H,3,6,8,10H2,1-2H3,(H,23,25)/t14-,18+/m0/s1. The molecule has 8 heteroatoms. The number of nitro groups is 1. The second kappa shape index (κ2) is 9.39. The van der Waals surface area contributed by atoms with E-state index < -0.39 is 22.9 Å². The highest BCUT2D eigenvalue weighted by Crippen LogP contribution is 2.30. The van der Waals surface area contributed by atoms with E-state index in [1.165, 1.54) is 24.6 Å². The molecule has 3 rings (SSSR count). The van der Waals surface area contributed by atoms with Gasteiger partial charge < -0.3 is 14.8 Å². The van der Waals surface area contributed by atoms with Gasteiger partial charge in [0.15, 0.2) is 11.9 Å². The van der Waals surface area contributed by atoms with Gasteiger partial charge in [0.1, 0.15) is 0 Å². The zero-order chi connectivity index (χ0) is 21.7. The van der Waals surface area contributed by atoms with E-state index in [9.17, 15) is 19.7 Å². The molecule has 0 heterocycles. The zero-order valence-electron chi connectivity index (χ0n) is 16.9. The fourth-order valence-electron chi connectivity index (χ4n) is 3.54. The Morgan fingerprint density at radius 1 is 1.27 bits per heavy atom. The van der Waals surface area contributed by atoms with Gasteiger partial charge >= 0.3 is 11.7 Å². The van der Waals surface area contributed by atoms with E-state index in [1.54, 1.807) is 6.92 Å². The average Bonchev–Trinajstić information content (AvgIpc) is 2.74. The van der Waals surface area contributed by atoms with Crippen molar-refractivity contribution < 1.29 is 24.0 Å². The van der Waals surface area contributed by atoms with Crippen LogP contribution in [0.4, 0.5) is 5.69 Å². The van der Waals surface area contributed by atoms with Crippen molar-refractivity contribution in [3.05, 3.63) is 69.3 Å². The van der Waals surface area contributed by atoms with Gasteiger partial charge in [-0.05, 0) is 56.4 Å². The summed E-state index contributed by atoms with van der Waals surface area (Å²) in [4.78, 5) is 35.6. The Kier molecular flexibility index (Phi) is 6.66. The van der Waals surface area contributed by atoms with Crippen LogP contribution in [0.25, 0.3) is 0 Å². The van der Waals surface area contributed by atoms with Crippen LogP contribution in [0.2, 0.25) is 0 Å². The molecule has 1 amide bonds. The van der Waals surface area contributed by atoms with E-state index in [-0.39, 0.29) is 29.6 Å². The molecule has 158 valence electrons. The summed E-state index contributed by atoms with van der Waals surface area (Å²) >= 11 is 0. The van der Waals surface area contributed by atoms with Crippen LogP contribution in [0.15, 0.2) is 42.5 Å². The number of esters is 1. The molecule has 0 saturated heterocycles. The van der Waals surface area contributed by atoms with Crippen LogP contribution >= 0.6 is 0 Å². The fourth-order valence-corrected chi connectivity index (χ4v) is 3.54. The Hall–Kier alpha value is -3.42. The van der Waals surface area contributed by atoms with E-state index in [0.717, 1.165) is 30.9 Å². The maximum absolute atomic E-state index is 12.6. The minimum absolute atomic E-state index is 0.0205. The molecule has 1 aliphatic rings. The number of ether oxygens (including phenoxy) is 2. The lowest BCUT2D eigenvalue weighted by Gasteiger charge is -2.27. The molecule has 0 saturated carbocycles. The van der Waals surface area contributed by atoms with Crippen LogP contribution in [0, 0.1) is 10.1 Å². The number of nitrogens with zero attached hydrogens (tertiary/aromatic N) is 1. The van der Waals surface area contributed by atoms with Crippen molar-refractivity contribution in [2.45, 2.75) is 45.3 Å². The Morgan fingerprint density at radius 3 is 2.77 bits per heavy atom. The van der Waals surface area contributed by atoms with E-state index in [1.807, 2.05) is 18.2 Å². The quantitative estimate of drug-likeness (QED) is 0.422. The summed E-state index contributed by atoms with van der Waals surface area (Å²) in [6.07, 6.45) is 1.71. The topological polar surface area (TPSA) is 108 Å². The fraction of sp³-hybridized carbons (Fsp3) is 0.364. The Morgan fingerprint density at radius 2 is 2.03 bits per heavy atom. The van der Waals surface area contributed by atoms with Gasteiger partial charge in [0.25, 0.3) is 5.91 Å². The number of aryl methyl sites for hydroxylation is 1. The zero-order valence-corrected chi connectivity index (χ0v) is 16.9. The summed E-state index contributed by atoms with van der Waals surface area (Å²) in [7, 11) is 0. The molecule has 0 unspecified atom stereocenters. The lowest BCUT2D eigenvalue weighted by molar-refractivity contribution is -0.385. The number of hydrogen-bond acceptors (Lipinski definition) is 6. The van der Waals surface area contributed by atoms with Gasteiger partial charge in [0, 0.05) is 6.07 Å². The molecule has 2 aromatic carbocycles. The van der Waals surface area contributed by atoms with Crippen LogP contribution in [0.3, 0.4) is 0 Å². The van der Waals surface area contributed by atoms with E-state index >= 15 is 0 Å². The molecule has 0 aliphatic heterocycles. The molecule has 0 fully saturated rings. The highest BCUT2D eigenvalue weighted by Gasteiger charge is 2.26. The van der Waals surface area contributed by atoms with Crippen LogP contribution in [0.5, 0.6) is 5.75 Å². The molecule has 8 nitrogen and oxygen atoms in total. The third kappa shape index (κ3) is 4.76. The highest BCUT2D eigenvalue weighted by atomic mass is 16.6. The van der Waals surface area contributed by atoms with Crippen molar-refractivity contribution in [1.82, 2.24) is 5.32 Å². The molecule has 30 heavy (non-hydrogen) atoms. The van der Waals surface area contributed by atoms with Crippen molar-refractivity contribution >= 4 is 17.6 Å². The van der Waals surface area contributed by atoms with E-state index in [0.29, 0.717) is 0 Å². The normalized spacial score (nSPS) is 16.1. The maximum atomic E-state index is 12.6. The summed E-state index contributed by atoms with van der Waals surface area (Å²) < 4.78 is 10.5. The maximum Gasteiger partial charge on any atom is 0.339 e. The number of nitrogens with one attached hydrogen (secondary N) is 1. The predicted molar refractivity (Wildman–Crippen MR) is 109 cm³/mol. The van der Waals surface area contributed by atoms with Gasteiger partial charge in [-0.1, -0.05) is 24.3 Å². The number of nitro benzene ring substituents is 1. The first-order chi connectivity index (χ1) is 14.4. The van der Waals surface area contributed by atoms with Gasteiger partial charge in [-0.3, -0.25) is 14.9 Å². The minimum Gasteiger partial charge on any atom is -0.487 e. The molecule has 1 aliphatic carbocycles. The first kappa shape index (κ1) is 21.3. The summed E-state index contributed by atoms with van der Waals surface area (Å²) in [6, 6.07) is 11.6. The molecule has 2 aromatic rings. The first-order valence-corrected chi connectivity index (χ1v) is 9.91. The number of hydrogen-bond donors (Lipinski definition) is 1. The largest absolute Gasteiger partial charge is 0.487 e. The first-order valence-electron chi connectivity index (χ1n) is 9.91. The smallest absolute Gasteiger partial charge is 0.339 e. The summed E-state index contributed by atoms with van der Waals surface area (Å²) in [5.41, 5.74) is 1.94. The van der Waals surface area contributed by atoms with E-state index in [4.69, 9.17) is 9.47 Å². The average molecular weight is 412 g/mol. The van der Waals surface area contributed by atoms with Crippen molar-refractivity contribution in [3.63, 3.8) is 0 Å². The van der Waals surface area contributed by atoms with Crippen molar-refractivity contribution in [2.75, 3.05) is 6.61 Å². The summed E-state index contributed by atoms with van der Waals surface area (Å²) in [5, 5.41) is 14.2. The SMILES string of the molecule is CCOc1ccc(C(=O)O[C@@H](C)C(=O)N[C@@H]2CCCc3ccccc32)cc1[N+](=O)[O-].